The summed E-state index contributed by atoms with van der Waals surface area (Å²) in [4.78, 5) is 60.9. The smallest absolute Gasteiger partial charge is 0.306 e. The Hall–Kier alpha value is -3.39. The molecular formula is C37H57N5O7S. The number of aliphatic carboxylic acids is 1. The molecule has 1 fully saturated rings. The highest BCUT2D eigenvalue weighted by Gasteiger charge is 2.37. The number of carboxylic acids is 1. The van der Waals surface area contributed by atoms with Gasteiger partial charge < -0.3 is 30.1 Å². The standard InChI is InChI=1S/C37H57N5O7S/c1-9-49-31(35-39-28(22-50-35)33(43)38-27(19-24(4)37(46)47)20-26-15-11-10-12-16-26)21-30(23(2)3)42(7)36(45)32(25(5)48-8)40-34(44)29-17-13-14-18-41(29)6/h10-12,15-16,22-25,27,29-32H,9,13-14,17-21H2,1-8H3,(H,38,43)(H,40,44)(H,46,47)/t24?,25?,27?,29-,30?,31?,32?/m1/s1. The Balaban J connectivity index is 1.77. The summed E-state index contributed by atoms with van der Waals surface area (Å²) >= 11 is 1.31. The van der Waals surface area contributed by atoms with E-state index in [1.165, 1.54) is 18.4 Å². The van der Waals surface area contributed by atoms with E-state index in [2.05, 4.69) is 15.6 Å². The number of carboxylic acid groups (broad SMARTS) is 1. The third-order valence-corrected chi connectivity index (χ3v) is 10.6. The first-order valence-electron chi connectivity index (χ1n) is 17.7. The average Bonchev–Trinajstić information content (AvgIpc) is 3.59. The van der Waals surface area contributed by atoms with Crippen molar-refractivity contribution in [2.24, 2.45) is 11.8 Å². The lowest BCUT2D eigenvalue weighted by Crippen LogP contribution is -2.59. The summed E-state index contributed by atoms with van der Waals surface area (Å²) in [6.07, 6.45) is 2.88. The molecule has 2 aromatic rings. The Morgan fingerprint density at radius 3 is 2.38 bits per heavy atom. The van der Waals surface area contributed by atoms with Crippen molar-refractivity contribution in [1.29, 1.82) is 0 Å². The number of likely N-dealkylation sites (N-methyl/N-ethyl adjacent to an activating group) is 2. The molecule has 278 valence electrons. The van der Waals surface area contributed by atoms with Gasteiger partial charge in [0.25, 0.3) is 5.91 Å². The van der Waals surface area contributed by atoms with Crippen molar-refractivity contribution >= 4 is 35.0 Å². The molecule has 0 spiro atoms. The van der Waals surface area contributed by atoms with Crippen molar-refractivity contribution in [3.05, 3.63) is 52.0 Å². The molecule has 0 saturated carbocycles. The first-order chi connectivity index (χ1) is 23.8. The van der Waals surface area contributed by atoms with E-state index in [0.717, 1.165) is 31.4 Å². The normalized spacial score (nSPS) is 18.8. The zero-order chi connectivity index (χ0) is 37.0. The minimum absolute atomic E-state index is 0.0308. The van der Waals surface area contributed by atoms with Gasteiger partial charge in [-0.25, -0.2) is 4.98 Å². The van der Waals surface area contributed by atoms with Gasteiger partial charge in [-0.05, 0) is 64.6 Å². The number of aromatic nitrogens is 1. The largest absolute Gasteiger partial charge is 0.481 e. The fraction of sp³-hybridized carbons (Fsp3) is 0.649. The Kier molecular flexibility index (Phi) is 16.3. The van der Waals surface area contributed by atoms with Crippen LogP contribution >= 0.6 is 11.3 Å². The summed E-state index contributed by atoms with van der Waals surface area (Å²) in [7, 11) is 5.21. The number of piperidine rings is 1. The van der Waals surface area contributed by atoms with Crippen molar-refractivity contribution < 1.29 is 33.8 Å². The van der Waals surface area contributed by atoms with Crippen molar-refractivity contribution in [2.75, 3.05) is 34.4 Å². The highest BCUT2D eigenvalue weighted by atomic mass is 32.1. The van der Waals surface area contributed by atoms with Crippen LogP contribution in [0.5, 0.6) is 0 Å². The summed E-state index contributed by atoms with van der Waals surface area (Å²) in [5.74, 6) is -2.34. The molecule has 50 heavy (non-hydrogen) atoms. The number of likely N-dealkylation sites (tertiary alicyclic amines) is 1. The molecule has 1 aliphatic rings. The third kappa shape index (κ3) is 11.6. The second-order valence-electron chi connectivity index (χ2n) is 13.8. The van der Waals surface area contributed by atoms with Gasteiger partial charge in [0.05, 0.1) is 18.1 Å². The van der Waals surface area contributed by atoms with E-state index in [0.29, 0.717) is 24.5 Å². The van der Waals surface area contributed by atoms with Crippen LogP contribution in [0.4, 0.5) is 0 Å². The molecule has 1 aromatic heterocycles. The van der Waals surface area contributed by atoms with Gasteiger partial charge in [0.1, 0.15) is 22.8 Å². The van der Waals surface area contributed by atoms with Crippen LogP contribution in [0.25, 0.3) is 0 Å². The number of thiazole rings is 1. The monoisotopic (exact) mass is 715 g/mol. The van der Waals surface area contributed by atoms with Gasteiger partial charge in [-0.1, -0.05) is 57.5 Å². The van der Waals surface area contributed by atoms with E-state index in [1.807, 2.05) is 63.1 Å². The van der Waals surface area contributed by atoms with Crippen LogP contribution in [-0.4, -0.2) is 108 Å². The predicted molar refractivity (Wildman–Crippen MR) is 194 cm³/mol. The van der Waals surface area contributed by atoms with Gasteiger partial charge in [-0.15, -0.1) is 11.3 Å². The van der Waals surface area contributed by atoms with Gasteiger partial charge in [0.2, 0.25) is 11.8 Å². The number of hydrogen-bond acceptors (Lipinski definition) is 9. The van der Waals surface area contributed by atoms with Crippen molar-refractivity contribution in [1.82, 2.24) is 25.4 Å². The Morgan fingerprint density at radius 1 is 1.08 bits per heavy atom. The topological polar surface area (TPSA) is 150 Å². The van der Waals surface area contributed by atoms with Crippen LogP contribution in [-0.2, 0) is 30.3 Å². The first kappa shape index (κ1) is 41.0. The number of carbonyl (C=O) groups excluding carboxylic acids is 3. The molecule has 0 bridgehead atoms. The number of rotatable bonds is 19. The molecule has 1 saturated heterocycles. The minimum Gasteiger partial charge on any atom is -0.481 e. The lowest BCUT2D eigenvalue weighted by molar-refractivity contribution is -0.143. The van der Waals surface area contributed by atoms with Crippen molar-refractivity contribution in [3.63, 3.8) is 0 Å². The van der Waals surface area contributed by atoms with E-state index >= 15 is 0 Å². The Morgan fingerprint density at radius 2 is 1.78 bits per heavy atom. The van der Waals surface area contributed by atoms with Crippen LogP contribution in [0, 0.1) is 11.8 Å². The molecule has 3 N–H and O–H groups in total. The Bertz CT molecular complexity index is 1390. The summed E-state index contributed by atoms with van der Waals surface area (Å²) < 4.78 is 11.7. The molecular weight excluding hydrogens is 659 g/mol. The van der Waals surface area contributed by atoms with Crippen molar-refractivity contribution in [3.8, 4) is 0 Å². The quantitative estimate of drug-likeness (QED) is 0.190. The van der Waals surface area contributed by atoms with Gasteiger partial charge in [-0.3, -0.25) is 24.1 Å². The molecule has 6 unspecified atom stereocenters. The Labute approximate surface area is 301 Å². The predicted octanol–water partition coefficient (Wildman–Crippen LogP) is 4.55. The van der Waals surface area contributed by atoms with Crippen molar-refractivity contribution in [2.45, 2.75) is 110 Å². The summed E-state index contributed by atoms with van der Waals surface area (Å²) in [5, 5.41) is 17.8. The summed E-state index contributed by atoms with van der Waals surface area (Å²) in [6.45, 7) is 10.6. The number of hydrogen-bond donors (Lipinski definition) is 3. The molecule has 3 rings (SSSR count). The van der Waals surface area contributed by atoms with Crippen LogP contribution in [0.3, 0.4) is 0 Å². The lowest BCUT2D eigenvalue weighted by atomic mass is 9.95. The maximum Gasteiger partial charge on any atom is 0.306 e. The van der Waals surface area contributed by atoms with E-state index in [1.54, 1.807) is 31.2 Å². The molecule has 13 heteroatoms. The number of nitrogens with one attached hydrogen (secondary N) is 2. The maximum absolute atomic E-state index is 14.1. The van der Waals surface area contributed by atoms with Crippen LogP contribution in [0.2, 0.25) is 0 Å². The fourth-order valence-corrected chi connectivity index (χ4v) is 7.37. The van der Waals surface area contributed by atoms with Gasteiger partial charge >= 0.3 is 5.97 Å². The van der Waals surface area contributed by atoms with Crippen LogP contribution in [0.15, 0.2) is 35.7 Å². The van der Waals surface area contributed by atoms with Gasteiger partial charge in [-0.2, -0.15) is 0 Å². The van der Waals surface area contributed by atoms with Gasteiger partial charge in [0, 0.05) is 44.6 Å². The molecule has 12 nitrogen and oxygen atoms in total. The molecule has 0 aliphatic carbocycles. The number of nitrogens with zero attached hydrogens (tertiary/aromatic N) is 3. The zero-order valence-electron chi connectivity index (χ0n) is 30.9. The highest BCUT2D eigenvalue weighted by Crippen LogP contribution is 2.31. The number of methoxy groups -OCH3 is 1. The maximum atomic E-state index is 14.1. The molecule has 7 atom stereocenters. The first-order valence-corrected chi connectivity index (χ1v) is 18.6. The highest BCUT2D eigenvalue weighted by molar-refractivity contribution is 7.09. The van der Waals surface area contributed by atoms with E-state index < -0.39 is 36.2 Å². The van der Waals surface area contributed by atoms with E-state index in [4.69, 9.17) is 9.47 Å². The average molecular weight is 716 g/mol. The summed E-state index contributed by atoms with van der Waals surface area (Å²) in [5.41, 5.74) is 1.22. The number of amides is 3. The van der Waals surface area contributed by atoms with E-state index in [-0.39, 0.29) is 47.8 Å². The second kappa shape index (κ2) is 19.9. The van der Waals surface area contributed by atoms with Crippen LogP contribution in [0.1, 0.15) is 93.9 Å². The zero-order valence-corrected chi connectivity index (χ0v) is 31.7. The summed E-state index contributed by atoms with van der Waals surface area (Å²) in [6, 6.07) is 7.78. The number of benzene rings is 1. The molecule has 2 heterocycles. The number of ether oxygens (including phenoxy) is 2. The molecule has 1 aromatic carbocycles. The SMILES string of the molecule is CCOC(CC(C(C)C)N(C)C(=O)C(NC(=O)[C@H]1CCCCN1C)C(C)OC)c1nc(C(=O)NC(Cc2ccccc2)CC(C)C(=O)O)cs1. The molecule has 3 amide bonds. The van der Waals surface area contributed by atoms with E-state index in [9.17, 15) is 24.3 Å². The third-order valence-electron chi connectivity index (χ3n) is 9.67. The van der Waals surface area contributed by atoms with Gasteiger partial charge in [0.15, 0.2) is 0 Å². The molecule has 0 radical (unpaired) electrons. The number of carbonyl (C=O) groups is 4. The van der Waals surface area contributed by atoms with Crippen LogP contribution < -0.4 is 10.6 Å². The molecule has 1 aliphatic heterocycles. The minimum atomic E-state index is -0.918. The fourth-order valence-electron chi connectivity index (χ4n) is 6.51. The lowest BCUT2D eigenvalue weighted by Gasteiger charge is -2.38. The second-order valence-corrected chi connectivity index (χ2v) is 14.7.